The fourth-order valence-electron chi connectivity index (χ4n) is 2.99. The van der Waals surface area contributed by atoms with Crippen molar-refractivity contribution in [2.45, 2.75) is 0 Å². The lowest BCUT2D eigenvalue weighted by Crippen LogP contribution is -2.31. The first kappa shape index (κ1) is 20.2. The van der Waals surface area contributed by atoms with Crippen LogP contribution in [0.2, 0.25) is 0 Å². The Morgan fingerprint density at radius 3 is 2.42 bits per heavy atom. The molecule has 3 aromatic carbocycles. The molecule has 0 aliphatic rings. The number of likely N-dealkylation sites (N-methyl/N-ethyl adjacent to an activating group) is 1. The second-order valence-corrected chi connectivity index (χ2v) is 6.72. The Balaban J connectivity index is 1.50. The molecule has 1 aromatic heterocycles. The molecule has 4 rings (SSSR count). The summed E-state index contributed by atoms with van der Waals surface area (Å²) in [5.74, 6) is 1.82. The van der Waals surface area contributed by atoms with Crippen molar-refractivity contribution in [3.63, 3.8) is 0 Å². The molecular formula is C24H21N3O4. The Morgan fingerprint density at radius 1 is 0.968 bits per heavy atom. The van der Waals surface area contributed by atoms with E-state index in [4.69, 9.17) is 14.0 Å². The first-order chi connectivity index (χ1) is 15.2. The van der Waals surface area contributed by atoms with Crippen LogP contribution >= 0.6 is 0 Å². The molecule has 0 spiro atoms. The van der Waals surface area contributed by atoms with Crippen LogP contribution in [-0.2, 0) is 4.79 Å². The third-order valence-electron chi connectivity index (χ3n) is 4.76. The summed E-state index contributed by atoms with van der Waals surface area (Å²) in [5, 5.41) is 4.06. The molecule has 4 aromatic rings. The zero-order valence-corrected chi connectivity index (χ0v) is 17.2. The van der Waals surface area contributed by atoms with Crippen LogP contribution in [0.5, 0.6) is 11.5 Å². The molecule has 0 saturated heterocycles. The molecule has 1 amide bonds. The molecule has 0 saturated carbocycles. The van der Waals surface area contributed by atoms with Crippen molar-refractivity contribution >= 4 is 11.6 Å². The van der Waals surface area contributed by atoms with Gasteiger partial charge in [-0.3, -0.25) is 4.79 Å². The van der Waals surface area contributed by atoms with Crippen molar-refractivity contribution in [1.29, 1.82) is 0 Å². The highest BCUT2D eigenvalue weighted by atomic mass is 16.5. The number of amides is 1. The summed E-state index contributed by atoms with van der Waals surface area (Å²) in [6.07, 6.45) is 0. The van der Waals surface area contributed by atoms with Crippen LogP contribution in [0, 0.1) is 0 Å². The Morgan fingerprint density at radius 2 is 1.68 bits per heavy atom. The maximum absolute atomic E-state index is 12.5. The predicted octanol–water partition coefficient (Wildman–Crippen LogP) is 4.45. The van der Waals surface area contributed by atoms with Gasteiger partial charge in [0.05, 0.1) is 12.7 Å². The van der Waals surface area contributed by atoms with Gasteiger partial charge in [0, 0.05) is 18.3 Å². The average molecular weight is 415 g/mol. The van der Waals surface area contributed by atoms with Crippen molar-refractivity contribution in [2.75, 3.05) is 25.7 Å². The number of methoxy groups -OCH3 is 1. The van der Waals surface area contributed by atoms with Crippen LogP contribution < -0.4 is 14.4 Å². The molecule has 0 aliphatic carbocycles. The molecule has 0 unspecified atom stereocenters. The molecule has 156 valence electrons. The fraction of sp³-hybridized carbons (Fsp3) is 0.125. The van der Waals surface area contributed by atoms with Gasteiger partial charge in [0.25, 0.3) is 11.8 Å². The Bertz CT molecular complexity index is 1160. The van der Waals surface area contributed by atoms with E-state index in [2.05, 4.69) is 10.1 Å². The lowest BCUT2D eigenvalue weighted by atomic mass is 10.2. The normalized spacial score (nSPS) is 10.5. The second kappa shape index (κ2) is 9.13. The van der Waals surface area contributed by atoms with E-state index in [0.29, 0.717) is 23.0 Å². The fourth-order valence-corrected chi connectivity index (χ4v) is 2.99. The highest BCUT2D eigenvalue weighted by Crippen LogP contribution is 2.30. The zero-order valence-electron chi connectivity index (χ0n) is 17.2. The van der Waals surface area contributed by atoms with Gasteiger partial charge in [-0.2, -0.15) is 4.98 Å². The Labute approximate surface area is 179 Å². The number of para-hydroxylation sites is 2. The van der Waals surface area contributed by atoms with Gasteiger partial charge in [0.15, 0.2) is 6.61 Å². The van der Waals surface area contributed by atoms with Crippen LogP contribution in [0.3, 0.4) is 0 Å². The quantitative estimate of drug-likeness (QED) is 0.444. The van der Waals surface area contributed by atoms with Crippen LogP contribution in [0.15, 0.2) is 83.4 Å². The number of hydrogen-bond acceptors (Lipinski definition) is 6. The van der Waals surface area contributed by atoms with E-state index >= 15 is 0 Å². The maximum Gasteiger partial charge on any atom is 0.264 e. The number of anilines is 1. The first-order valence-electron chi connectivity index (χ1n) is 9.67. The summed E-state index contributed by atoms with van der Waals surface area (Å²) < 4.78 is 16.4. The Hall–Kier alpha value is -4.13. The summed E-state index contributed by atoms with van der Waals surface area (Å²) in [4.78, 5) is 18.6. The van der Waals surface area contributed by atoms with Gasteiger partial charge in [-0.1, -0.05) is 35.5 Å². The highest BCUT2D eigenvalue weighted by Gasteiger charge is 2.17. The maximum atomic E-state index is 12.5. The predicted molar refractivity (Wildman–Crippen MR) is 117 cm³/mol. The standard InChI is InChI=1S/C24H21N3O4/c1-27(18-8-4-3-5-9-18)22(28)16-30-21-11-7-6-10-20(21)24-25-23(26-31-24)17-12-14-19(29-2)15-13-17/h3-15H,16H2,1-2H3. The van der Waals surface area contributed by atoms with Crippen LogP contribution in [0.1, 0.15) is 0 Å². The number of ether oxygens (including phenoxy) is 2. The van der Waals surface area contributed by atoms with E-state index in [1.165, 1.54) is 0 Å². The molecule has 31 heavy (non-hydrogen) atoms. The smallest absolute Gasteiger partial charge is 0.264 e. The van der Waals surface area contributed by atoms with Crippen molar-refractivity contribution in [3.05, 3.63) is 78.9 Å². The average Bonchev–Trinajstić information content (AvgIpc) is 3.33. The number of rotatable bonds is 7. The van der Waals surface area contributed by atoms with Gasteiger partial charge in [-0.05, 0) is 48.5 Å². The van der Waals surface area contributed by atoms with E-state index < -0.39 is 0 Å². The van der Waals surface area contributed by atoms with Crippen LogP contribution in [0.4, 0.5) is 5.69 Å². The van der Waals surface area contributed by atoms with Gasteiger partial charge in [0.1, 0.15) is 11.5 Å². The van der Waals surface area contributed by atoms with Crippen molar-refractivity contribution < 1.29 is 18.8 Å². The monoisotopic (exact) mass is 415 g/mol. The second-order valence-electron chi connectivity index (χ2n) is 6.72. The lowest BCUT2D eigenvalue weighted by molar-refractivity contribution is -0.120. The van der Waals surface area contributed by atoms with Gasteiger partial charge in [0.2, 0.25) is 5.82 Å². The largest absolute Gasteiger partial charge is 0.497 e. The third kappa shape index (κ3) is 4.56. The minimum absolute atomic E-state index is 0.123. The van der Waals surface area contributed by atoms with Gasteiger partial charge < -0.3 is 18.9 Å². The van der Waals surface area contributed by atoms with Crippen molar-refractivity contribution in [1.82, 2.24) is 10.1 Å². The molecule has 1 heterocycles. The van der Waals surface area contributed by atoms with Crippen LogP contribution in [-0.4, -0.2) is 36.8 Å². The highest BCUT2D eigenvalue weighted by molar-refractivity contribution is 5.93. The zero-order chi connectivity index (χ0) is 21.6. The lowest BCUT2D eigenvalue weighted by Gasteiger charge is -2.18. The van der Waals surface area contributed by atoms with Crippen molar-refractivity contribution in [3.8, 4) is 34.3 Å². The van der Waals surface area contributed by atoms with Gasteiger partial charge >= 0.3 is 0 Å². The number of hydrogen-bond donors (Lipinski definition) is 0. The van der Waals surface area contributed by atoms with E-state index in [9.17, 15) is 4.79 Å². The van der Waals surface area contributed by atoms with E-state index in [0.717, 1.165) is 17.0 Å². The van der Waals surface area contributed by atoms with Crippen LogP contribution in [0.25, 0.3) is 22.8 Å². The number of nitrogens with zero attached hydrogens (tertiary/aromatic N) is 3. The molecule has 7 heteroatoms. The molecule has 0 bridgehead atoms. The summed E-state index contributed by atoms with van der Waals surface area (Å²) in [6.45, 7) is -0.123. The summed E-state index contributed by atoms with van der Waals surface area (Å²) in [7, 11) is 3.33. The van der Waals surface area contributed by atoms with Crippen molar-refractivity contribution in [2.24, 2.45) is 0 Å². The topological polar surface area (TPSA) is 77.7 Å². The Kier molecular flexibility index (Phi) is 5.93. The molecule has 0 N–H and O–H groups in total. The summed E-state index contributed by atoms with van der Waals surface area (Å²) in [6, 6.07) is 24.0. The van der Waals surface area contributed by atoms with E-state index in [-0.39, 0.29) is 12.5 Å². The van der Waals surface area contributed by atoms with E-state index in [1.807, 2.05) is 72.8 Å². The summed E-state index contributed by atoms with van der Waals surface area (Å²) in [5.41, 5.74) is 2.21. The third-order valence-corrected chi connectivity index (χ3v) is 4.76. The number of carbonyl (C=O) groups excluding carboxylic acids is 1. The molecular weight excluding hydrogens is 394 g/mol. The summed E-state index contributed by atoms with van der Waals surface area (Å²) >= 11 is 0. The molecule has 0 fully saturated rings. The molecule has 7 nitrogen and oxygen atoms in total. The minimum Gasteiger partial charge on any atom is -0.497 e. The first-order valence-corrected chi connectivity index (χ1v) is 9.67. The number of aromatic nitrogens is 2. The molecule has 0 radical (unpaired) electrons. The van der Waals surface area contributed by atoms with E-state index in [1.54, 1.807) is 25.1 Å². The minimum atomic E-state index is -0.176. The number of carbonyl (C=O) groups is 1. The molecule has 0 aliphatic heterocycles. The van der Waals surface area contributed by atoms with Gasteiger partial charge in [-0.15, -0.1) is 0 Å². The SMILES string of the molecule is COc1ccc(-c2noc(-c3ccccc3OCC(=O)N(C)c3ccccc3)n2)cc1. The number of benzene rings is 3. The van der Waals surface area contributed by atoms with Gasteiger partial charge in [-0.25, -0.2) is 0 Å². The molecule has 0 atom stereocenters.